The number of hydrogen-bond acceptors (Lipinski definition) is 2. The third-order valence-corrected chi connectivity index (χ3v) is 3.14. The SMILES string of the molecule is CC(C)c1nnc(Cl)n1CC(C)C(C)C. The molecule has 15 heavy (non-hydrogen) atoms. The van der Waals surface area contributed by atoms with Crippen molar-refractivity contribution in [2.75, 3.05) is 0 Å². The van der Waals surface area contributed by atoms with Crippen LogP contribution < -0.4 is 0 Å². The first-order valence-electron chi connectivity index (χ1n) is 5.52. The number of aromatic nitrogens is 3. The molecule has 0 aromatic carbocycles. The Morgan fingerprint density at radius 1 is 1.13 bits per heavy atom. The molecule has 4 heteroatoms. The highest BCUT2D eigenvalue weighted by Gasteiger charge is 2.16. The van der Waals surface area contributed by atoms with E-state index < -0.39 is 0 Å². The van der Waals surface area contributed by atoms with Crippen molar-refractivity contribution in [1.29, 1.82) is 0 Å². The highest BCUT2D eigenvalue weighted by Crippen LogP contribution is 2.20. The number of hydrogen-bond donors (Lipinski definition) is 0. The molecule has 0 amide bonds. The van der Waals surface area contributed by atoms with Gasteiger partial charge in [-0.1, -0.05) is 34.6 Å². The molecule has 3 nitrogen and oxygen atoms in total. The monoisotopic (exact) mass is 229 g/mol. The lowest BCUT2D eigenvalue weighted by molar-refractivity contribution is 0.358. The molecule has 1 atom stereocenters. The van der Waals surface area contributed by atoms with E-state index in [1.54, 1.807) is 0 Å². The summed E-state index contributed by atoms with van der Waals surface area (Å²) in [5, 5.41) is 8.54. The summed E-state index contributed by atoms with van der Waals surface area (Å²) in [5.74, 6) is 2.57. The summed E-state index contributed by atoms with van der Waals surface area (Å²) in [5.41, 5.74) is 0. The van der Waals surface area contributed by atoms with Crippen molar-refractivity contribution in [3.63, 3.8) is 0 Å². The first-order valence-corrected chi connectivity index (χ1v) is 5.89. The molecular formula is C11H20ClN3. The average Bonchev–Trinajstić information content (AvgIpc) is 2.48. The maximum absolute atomic E-state index is 6.03. The summed E-state index contributed by atoms with van der Waals surface area (Å²) >= 11 is 6.03. The Kier molecular flexibility index (Phi) is 4.14. The molecule has 1 rings (SSSR count). The molecule has 0 bridgehead atoms. The van der Waals surface area contributed by atoms with Gasteiger partial charge in [0.05, 0.1) is 0 Å². The maximum Gasteiger partial charge on any atom is 0.225 e. The normalized spacial score (nSPS) is 13.9. The summed E-state index contributed by atoms with van der Waals surface area (Å²) in [6.45, 7) is 11.8. The molecule has 1 heterocycles. The van der Waals surface area contributed by atoms with Crippen LogP contribution in [0.25, 0.3) is 0 Å². The molecule has 1 aromatic rings. The molecule has 1 unspecified atom stereocenters. The molecule has 0 saturated heterocycles. The number of halogens is 1. The lowest BCUT2D eigenvalue weighted by Crippen LogP contribution is -2.16. The Hall–Kier alpha value is -0.570. The second-order valence-corrected chi connectivity index (χ2v) is 5.15. The minimum atomic E-state index is 0.365. The van der Waals surface area contributed by atoms with Crippen molar-refractivity contribution in [3.8, 4) is 0 Å². The van der Waals surface area contributed by atoms with Crippen molar-refractivity contribution in [2.45, 2.75) is 47.1 Å². The average molecular weight is 230 g/mol. The van der Waals surface area contributed by atoms with Crippen molar-refractivity contribution in [2.24, 2.45) is 11.8 Å². The van der Waals surface area contributed by atoms with Gasteiger partial charge in [-0.05, 0) is 23.4 Å². The standard InChI is InChI=1S/C11H20ClN3/c1-7(2)9(5)6-15-10(8(3)4)13-14-11(15)12/h7-9H,6H2,1-5H3. The van der Waals surface area contributed by atoms with Crippen LogP contribution in [0.4, 0.5) is 0 Å². The third kappa shape index (κ3) is 2.94. The molecule has 0 aliphatic carbocycles. The minimum Gasteiger partial charge on any atom is -0.301 e. The van der Waals surface area contributed by atoms with Gasteiger partial charge in [0, 0.05) is 12.5 Å². The van der Waals surface area contributed by atoms with Crippen LogP contribution >= 0.6 is 11.6 Å². The van der Waals surface area contributed by atoms with Crippen LogP contribution in [0.3, 0.4) is 0 Å². The Bertz CT molecular complexity index is 318. The lowest BCUT2D eigenvalue weighted by atomic mass is 9.98. The van der Waals surface area contributed by atoms with Crippen LogP contribution in [0, 0.1) is 11.8 Å². The van der Waals surface area contributed by atoms with Crippen molar-refractivity contribution < 1.29 is 0 Å². The van der Waals surface area contributed by atoms with Gasteiger partial charge in [0.25, 0.3) is 0 Å². The Morgan fingerprint density at radius 2 is 1.73 bits per heavy atom. The fraction of sp³-hybridized carbons (Fsp3) is 0.818. The molecular weight excluding hydrogens is 210 g/mol. The van der Waals surface area contributed by atoms with Crippen LogP contribution in [0.5, 0.6) is 0 Å². The minimum absolute atomic E-state index is 0.365. The predicted octanol–water partition coefficient (Wildman–Crippen LogP) is 3.35. The third-order valence-electron chi connectivity index (χ3n) is 2.86. The van der Waals surface area contributed by atoms with E-state index in [2.05, 4.69) is 44.8 Å². The molecule has 0 aliphatic heterocycles. The number of nitrogens with zero attached hydrogens (tertiary/aromatic N) is 3. The topological polar surface area (TPSA) is 30.7 Å². The zero-order valence-corrected chi connectivity index (χ0v) is 10.9. The van der Waals surface area contributed by atoms with Crippen LogP contribution in [0.2, 0.25) is 5.28 Å². The zero-order chi connectivity index (χ0) is 11.6. The summed E-state index contributed by atoms with van der Waals surface area (Å²) in [4.78, 5) is 0. The maximum atomic E-state index is 6.03. The summed E-state index contributed by atoms with van der Waals surface area (Å²) < 4.78 is 2.02. The Labute approximate surface area is 96.8 Å². The van der Waals surface area contributed by atoms with E-state index in [4.69, 9.17) is 11.6 Å². The lowest BCUT2D eigenvalue weighted by Gasteiger charge is -2.18. The fourth-order valence-electron chi connectivity index (χ4n) is 1.39. The summed E-state index contributed by atoms with van der Waals surface area (Å²) in [6, 6.07) is 0. The van der Waals surface area contributed by atoms with Crippen molar-refractivity contribution >= 4 is 11.6 Å². The Balaban J connectivity index is 2.88. The molecule has 0 N–H and O–H groups in total. The van der Waals surface area contributed by atoms with E-state index in [0.717, 1.165) is 12.4 Å². The fourth-order valence-corrected chi connectivity index (χ4v) is 1.58. The van der Waals surface area contributed by atoms with E-state index >= 15 is 0 Å². The molecule has 1 aromatic heterocycles. The highest BCUT2D eigenvalue weighted by molar-refractivity contribution is 6.28. The van der Waals surface area contributed by atoms with Gasteiger partial charge in [-0.3, -0.25) is 0 Å². The van der Waals surface area contributed by atoms with E-state index in [0.29, 0.717) is 23.0 Å². The molecule has 0 fully saturated rings. The van der Waals surface area contributed by atoms with E-state index in [-0.39, 0.29) is 0 Å². The van der Waals surface area contributed by atoms with E-state index in [1.165, 1.54) is 0 Å². The molecule has 0 spiro atoms. The molecule has 86 valence electrons. The van der Waals surface area contributed by atoms with Gasteiger partial charge in [-0.15, -0.1) is 10.2 Å². The molecule has 0 saturated carbocycles. The number of rotatable bonds is 4. The van der Waals surface area contributed by atoms with E-state index in [9.17, 15) is 0 Å². The van der Waals surface area contributed by atoms with Gasteiger partial charge >= 0.3 is 0 Å². The van der Waals surface area contributed by atoms with Gasteiger partial charge in [-0.25, -0.2) is 0 Å². The summed E-state index contributed by atoms with van der Waals surface area (Å²) in [6.07, 6.45) is 0. The second kappa shape index (κ2) is 4.97. The van der Waals surface area contributed by atoms with Crippen molar-refractivity contribution in [3.05, 3.63) is 11.1 Å². The van der Waals surface area contributed by atoms with Crippen LogP contribution in [-0.4, -0.2) is 14.8 Å². The predicted molar refractivity (Wildman–Crippen MR) is 63.1 cm³/mol. The first kappa shape index (κ1) is 12.5. The van der Waals surface area contributed by atoms with Gasteiger partial charge in [0.2, 0.25) is 5.28 Å². The van der Waals surface area contributed by atoms with Gasteiger partial charge in [0.1, 0.15) is 5.82 Å². The Morgan fingerprint density at radius 3 is 2.20 bits per heavy atom. The van der Waals surface area contributed by atoms with Gasteiger partial charge < -0.3 is 4.57 Å². The smallest absolute Gasteiger partial charge is 0.225 e. The first-order chi connectivity index (χ1) is 6.93. The molecule has 0 aliphatic rings. The second-order valence-electron chi connectivity index (χ2n) is 4.81. The van der Waals surface area contributed by atoms with Crippen LogP contribution in [0.1, 0.15) is 46.4 Å². The van der Waals surface area contributed by atoms with Crippen LogP contribution in [-0.2, 0) is 6.54 Å². The van der Waals surface area contributed by atoms with Crippen molar-refractivity contribution in [1.82, 2.24) is 14.8 Å². The van der Waals surface area contributed by atoms with Gasteiger partial charge in [0.15, 0.2) is 0 Å². The summed E-state index contributed by atoms with van der Waals surface area (Å²) in [7, 11) is 0. The van der Waals surface area contributed by atoms with E-state index in [1.807, 2.05) is 4.57 Å². The largest absolute Gasteiger partial charge is 0.301 e. The highest BCUT2D eigenvalue weighted by atomic mass is 35.5. The van der Waals surface area contributed by atoms with Crippen LogP contribution in [0.15, 0.2) is 0 Å². The zero-order valence-electron chi connectivity index (χ0n) is 10.2. The molecule has 0 radical (unpaired) electrons. The van der Waals surface area contributed by atoms with Gasteiger partial charge in [-0.2, -0.15) is 0 Å². The quantitative estimate of drug-likeness (QED) is 0.793.